The van der Waals surface area contributed by atoms with Crippen LogP contribution < -0.4 is 14.2 Å². The minimum absolute atomic E-state index is 0.153. The lowest BCUT2D eigenvalue weighted by Crippen LogP contribution is -1.97. The Morgan fingerprint density at radius 2 is 1.67 bits per heavy atom. The standard InChI is InChI=1S/C19H18FNO3/c1-4-24-19-12-14(6-8-18(19)23-3)15(9-10-21)13-5-7-17(22-2)16(20)11-13/h5-9,11-12H,4H2,1-3H3/b15-9+. The van der Waals surface area contributed by atoms with Crippen molar-refractivity contribution in [3.63, 3.8) is 0 Å². The van der Waals surface area contributed by atoms with Crippen LogP contribution in [0.3, 0.4) is 0 Å². The van der Waals surface area contributed by atoms with Crippen LogP contribution in [0.1, 0.15) is 18.1 Å². The Morgan fingerprint density at radius 3 is 2.21 bits per heavy atom. The molecule has 0 unspecified atom stereocenters. The normalized spacial score (nSPS) is 10.9. The fourth-order valence-corrected chi connectivity index (χ4v) is 2.34. The van der Waals surface area contributed by atoms with E-state index in [1.165, 1.54) is 25.3 Å². The number of allylic oxidation sites excluding steroid dienone is 1. The molecule has 0 saturated heterocycles. The minimum atomic E-state index is -0.489. The van der Waals surface area contributed by atoms with E-state index in [9.17, 15) is 4.39 Å². The maximum Gasteiger partial charge on any atom is 0.165 e. The van der Waals surface area contributed by atoms with Crippen molar-refractivity contribution in [3.8, 4) is 23.3 Å². The third-order valence-corrected chi connectivity index (χ3v) is 3.45. The highest BCUT2D eigenvalue weighted by molar-refractivity contribution is 5.82. The quantitative estimate of drug-likeness (QED) is 0.746. The van der Waals surface area contributed by atoms with E-state index in [-0.39, 0.29) is 5.75 Å². The molecule has 0 amide bonds. The maximum atomic E-state index is 14.0. The van der Waals surface area contributed by atoms with Gasteiger partial charge in [0.05, 0.1) is 26.9 Å². The molecule has 2 aromatic carbocycles. The minimum Gasteiger partial charge on any atom is -0.494 e. The van der Waals surface area contributed by atoms with E-state index in [0.29, 0.717) is 29.2 Å². The molecule has 0 aromatic heterocycles. The molecule has 0 fully saturated rings. The van der Waals surface area contributed by atoms with Gasteiger partial charge in [-0.25, -0.2) is 4.39 Å². The Balaban J connectivity index is 2.53. The van der Waals surface area contributed by atoms with Gasteiger partial charge in [0.1, 0.15) is 0 Å². The van der Waals surface area contributed by atoms with Gasteiger partial charge in [-0.1, -0.05) is 12.1 Å². The van der Waals surface area contributed by atoms with Gasteiger partial charge in [0, 0.05) is 6.08 Å². The number of hydrogen-bond donors (Lipinski definition) is 0. The van der Waals surface area contributed by atoms with Crippen LogP contribution >= 0.6 is 0 Å². The Bertz CT molecular complexity index is 794. The summed E-state index contributed by atoms with van der Waals surface area (Å²) in [5.41, 5.74) is 1.88. The summed E-state index contributed by atoms with van der Waals surface area (Å²) in [5.74, 6) is 0.824. The van der Waals surface area contributed by atoms with Crippen molar-refractivity contribution in [1.82, 2.24) is 0 Å². The first kappa shape index (κ1) is 17.4. The van der Waals surface area contributed by atoms with E-state index >= 15 is 0 Å². The van der Waals surface area contributed by atoms with E-state index in [1.54, 1.807) is 31.4 Å². The average Bonchev–Trinajstić information content (AvgIpc) is 2.60. The number of rotatable bonds is 6. The molecule has 0 spiro atoms. The molecule has 0 bridgehead atoms. The van der Waals surface area contributed by atoms with Crippen molar-refractivity contribution in [2.24, 2.45) is 0 Å². The lowest BCUT2D eigenvalue weighted by atomic mass is 9.97. The molecule has 0 aliphatic heterocycles. The summed E-state index contributed by atoms with van der Waals surface area (Å²) in [6, 6.07) is 11.9. The van der Waals surface area contributed by atoms with Crippen LogP contribution in [-0.2, 0) is 0 Å². The molecule has 0 aliphatic carbocycles. The molecule has 124 valence electrons. The molecule has 5 heteroatoms. The van der Waals surface area contributed by atoms with Crippen molar-refractivity contribution >= 4 is 5.57 Å². The zero-order valence-electron chi connectivity index (χ0n) is 13.8. The fourth-order valence-electron chi connectivity index (χ4n) is 2.34. The van der Waals surface area contributed by atoms with Gasteiger partial charge in [-0.3, -0.25) is 0 Å². The van der Waals surface area contributed by atoms with E-state index in [2.05, 4.69) is 0 Å². The van der Waals surface area contributed by atoms with Gasteiger partial charge in [-0.2, -0.15) is 5.26 Å². The Kier molecular flexibility index (Phi) is 5.80. The Labute approximate surface area is 140 Å². The fraction of sp³-hybridized carbons (Fsp3) is 0.211. The summed E-state index contributed by atoms with van der Waals surface area (Å²) >= 11 is 0. The molecule has 0 aliphatic rings. The SMILES string of the molecule is CCOc1cc(/C(=C/C#N)c2ccc(OC)c(F)c2)ccc1OC. The maximum absolute atomic E-state index is 14.0. The molecule has 0 saturated carbocycles. The molecular formula is C19H18FNO3. The van der Waals surface area contributed by atoms with Crippen LogP contribution in [-0.4, -0.2) is 20.8 Å². The van der Waals surface area contributed by atoms with Crippen LogP contribution in [0.25, 0.3) is 5.57 Å². The van der Waals surface area contributed by atoms with Crippen LogP contribution in [0.4, 0.5) is 4.39 Å². The van der Waals surface area contributed by atoms with Crippen LogP contribution in [0, 0.1) is 17.1 Å². The Morgan fingerprint density at radius 1 is 1.04 bits per heavy atom. The molecule has 2 aromatic rings. The van der Waals surface area contributed by atoms with Gasteiger partial charge in [0.15, 0.2) is 23.1 Å². The molecule has 4 nitrogen and oxygen atoms in total. The predicted molar refractivity (Wildman–Crippen MR) is 89.8 cm³/mol. The van der Waals surface area contributed by atoms with Crippen LogP contribution in [0.15, 0.2) is 42.5 Å². The van der Waals surface area contributed by atoms with Crippen molar-refractivity contribution in [2.75, 3.05) is 20.8 Å². The summed E-state index contributed by atoms with van der Waals surface area (Å²) in [5, 5.41) is 9.10. The zero-order valence-corrected chi connectivity index (χ0v) is 13.8. The van der Waals surface area contributed by atoms with Crippen molar-refractivity contribution < 1.29 is 18.6 Å². The first-order valence-electron chi connectivity index (χ1n) is 7.39. The third-order valence-electron chi connectivity index (χ3n) is 3.45. The van der Waals surface area contributed by atoms with Crippen LogP contribution in [0.2, 0.25) is 0 Å². The molecular weight excluding hydrogens is 309 g/mol. The highest BCUT2D eigenvalue weighted by atomic mass is 19.1. The number of hydrogen-bond acceptors (Lipinski definition) is 4. The van der Waals surface area contributed by atoms with Gasteiger partial charge in [0.25, 0.3) is 0 Å². The highest BCUT2D eigenvalue weighted by Gasteiger charge is 2.12. The van der Waals surface area contributed by atoms with E-state index < -0.39 is 5.82 Å². The van der Waals surface area contributed by atoms with Gasteiger partial charge in [0.2, 0.25) is 0 Å². The number of nitriles is 1. The Hall–Kier alpha value is -3.00. The zero-order chi connectivity index (χ0) is 17.5. The largest absolute Gasteiger partial charge is 0.494 e. The summed E-state index contributed by atoms with van der Waals surface area (Å²) in [6.07, 6.45) is 1.37. The summed E-state index contributed by atoms with van der Waals surface area (Å²) < 4.78 is 29.8. The van der Waals surface area contributed by atoms with Gasteiger partial charge < -0.3 is 14.2 Å². The van der Waals surface area contributed by atoms with Gasteiger partial charge in [-0.15, -0.1) is 0 Å². The lowest BCUT2D eigenvalue weighted by molar-refractivity contribution is 0.311. The second kappa shape index (κ2) is 8.02. The molecule has 0 radical (unpaired) electrons. The van der Waals surface area contributed by atoms with Gasteiger partial charge >= 0.3 is 0 Å². The molecule has 0 N–H and O–H groups in total. The van der Waals surface area contributed by atoms with E-state index in [1.807, 2.05) is 13.0 Å². The second-order valence-corrected chi connectivity index (χ2v) is 4.84. The molecule has 0 heterocycles. The number of halogens is 1. The monoisotopic (exact) mass is 327 g/mol. The molecule has 24 heavy (non-hydrogen) atoms. The number of methoxy groups -OCH3 is 2. The van der Waals surface area contributed by atoms with Gasteiger partial charge in [-0.05, 0) is 47.9 Å². The third kappa shape index (κ3) is 3.66. The summed E-state index contributed by atoms with van der Waals surface area (Å²) in [4.78, 5) is 0. The smallest absolute Gasteiger partial charge is 0.165 e. The lowest BCUT2D eigenvalue weighted by Gasteiger charge is -2.13. The number of benzene rings is 2. The van der Waals surface area contributed by atoms with E-state index in [0.717, 1.165) is 5.56 Å². The predicted octanol–water partition coefficient (Wildman–Crippen LogP) is 4.20. The van der Waals surface area contributed by atoms with Crippen molar-refractivity contribution in [2.45, 2.75) is 6.92 Å². The molecule has 2 rings (SSSR count). The van der Waals surface area contributed by atoms with Crippen molar-refractivity contribution in [1.29, 1.82) is 5.26 Å². The van der Waals surface area contributed by atoms with E-state index in [4.69, 9.17) is 19.5 Å². The average molecular weight is 327 g/mol. The summed E-state index contributed by atoms with van der Waals surface area (Å²) in [6.45, 7) is 2.35. The number of ether oxygens (including phenoxy) is 3. The second-order valence-electron chi connectivity index (χ2n) is 4.84. The summed E-state index contributed by atoms with van der Waals surface area (Å²) in [7, 11) is 2.96. The van der Waals surface area contributed by atoms with Crippen LogP contribution in [0.5, 0.6) is 17.2 Å². The first-order chi connectivity index (χ1) is 11.6. The first-order valence-corrected chi connectivity index (χ1v) is 7.39. The topological polar surface area (TPSA) is 51.5 Å². The highest BCUT2D eigenvalue weighted by Crippen LogP contribution is 2.34. The number of nitrogens with zero attached hydrogens (tertiary/aromatic N) is 1. The van der Waals surface area contributed by atoms with Crippen molar-refractivity contribution in [3.05, 3.63) is 59.4 Å². The molecule has 0 atom stereocenters.